The molecule has 1 amide bonds. The van der Waals surface area contributed by atoms with E-state index in [-0.39, 0.29) is 12.3 Å². The van der Waals surface area contributed by atoms with Crippen LogP contribution >= 0.6 is 0 Å². The molecule has 0 aromatic heterocycles. The summed E-state index contributed by atoms with van der Waals surface area (Å²) in [7, 11) is 1.70. The summed E-state index contributed by atoms with van der Waals surface area (Å²) in [6.45, 7) is 2.54. The summed E-state index contributed by atoms with van der Waals surface area (Å²) in [5, 5.41) is 11.3. The molecule has 1 aromatic carbocycles. The molecule has 0 unspecified atom stereocenters. The third-order valence-corrected chi connectivity index (χ3v) is 3.39. The fourth-order valence-corrected chi connectivity index (χ4v) is 2.44. The highest BCUT2D eigenvalue weighted by molar-refractivity contribution is 5.92. The predicted octanol–water partition coefficient (Wildman–Crippen LogP) is 1.94. The lowest BCUT2D eigenvalue weighted by molar-refractivity contribution is -0.115. The van der Waals surface area contributed by atoms with Gasteiger partial charge in [-0.2, -0.15) is 5.26 Å². The molecule has 0 radical (unpaired) electrons. The van der Waals surface area contributed by atoms with Crippen LogP contribution in [0.1, 0.15) is 18.4 Å². The second kappa shape index (κ2) is 6.92. The second-order valence-corrected chi connectivity index (χ2v) is 4.81. The third-order valence-electron chi connectivity index (χ3n) is 3.39. The first-order valence-electron chi connectivity index (χ1n) is 6.78. The predicted molar refractivity (Wildman–Crippen MR) is 77.7 cm³/mol. The van der Waals surface area contributed by atoms with Gasteiger partial charge in [0, 0.05) is 31.6 Å². The molecule has 2 rings (SSSR count). The number of amides is 1. The summed E-state index contributed by atoms with van der Waals surface area (Å²) in [5.74, 6) is -0.272. The van der Waals surface area contributed by atoms with Crippen LogP contribution in [0.4, 0.5) is 11.4 Å². The van der Waals surface area contributed by atoms with Crippen molar-refractivity contribution in [1.29, 1.82) is 5.26 Å². The fraction of sp³-hybridized carbons (Fsp3) is 0.467. The largest absolute Gasteiger partial charge is 0.383 e. The van der Waals surface area contributed by atoms with Gasteiger partial charge in [-0.3, -0.25) is 4.79 Å². The van der Waals surface area contributed by atoms with E-state index in [9.17, 15) is 4.79 Å². The molecule has 0 fully saturated rings. The Kier molecular flexibility index (Phi) is 4.97. The number of carbonyl (C=O) groups is 1. The standard InChI is InChI=1S/C15H19N3O2/c1-20-10-9-18-8-2-3-12-4-5-13(11-14(12)18)17-15(19)6-7-16/h4-5,11H,2-3,6,8-10H2,1H3,(H,17,19). The van der Waals surface area contributed by atoms with E-state index < -0.39 is 0 Å². The number of hydrogen-bond donors (Lipinski definition) is 1. The third kappa shape index (κ3) is 3.49. The molecule has 1 heterocycles. The van der Waals surface area contributed by atoms with Crippen LogP contribution in [0.3, 0.4) is 0 Å². The molecule has 0 saturated carbocycles. The van der Waals surface area contributed by atoms with E-state index in [1.807, 2.05) is 18.2 Å². The molecule has 0 spiro atoms. The van der Waals surface area contributed by atoms with Crippen LogP contribution in [0, 0.1) is 11.3 Å². The number of ether oxygens (including phenoxy) is 1. The van der Waals surface area contributed by atoms with Crippen LogP contribution in [0.15, 0.2) is 18.2 Å². The Hall–Kier alpha value is -2.06. The number of aryl methyl sites for hydroxylation is 1. The lowest BCUT2D eigenvalue weighted by atomic mass is 10.0. The molecule has 1 aliphatic heterocycles. The summed E-state index contributed by atoms with van der Waals surface area (Å²) < 4.78 is 5.14. The van der Waals surface area contributed by atoms with Crippen molar-refractivity contribution in [1.82, 2.24) is 0 Å². The first-order valence-corrected chi connectivity index (χ1v) is 6.78. The monoisotopic (exact) mass is 273 g/mol. The number of nitrogens with zero attached hydrogens (tertiary/aromatic N) is 2. The number of fused-ring (bicyclic) bond motifs is 1. The quantitative estimate of drug-likeness (QED) is 0.890. The number of nitrogens with one attached hydrogen (secondary N) is 1. The maximum absolute atomic E-state index is 11.5. The molecule has 1 aliphatic rings. The minimum atomic E-state index is -0.272. The topological polar surface area (TPSA) is 65.4 Å². The Bertz CT molecular complexity index is 522. The first-order chi connectivity index (χ1) is 9.74. The van der Waals surface area contributed by atoms with Crippen molar-refractivity contribution in [2.24, 2.45) is 0 Å². The van der Waals surface area contributed by atoms with Crippen molar-refractivity contribution >= 4 is 17.3 Å². The van der Waals surface area contributed by atoms with Crippen molar-refractivity contribution in [2.45, 2.75) is 19.3 Å². The smallest absolute Gasteiger partial charge is 0.238 e. The number of nitriles is 1. The Morgan fingerprint density at radius 3 is 3.15 bits per heavy atom. The summed E-state index contributed by atoms with van der Waals surface area (Å²) in [4.78, 5) is 13.7. The molecule has 5 nitrogen and oxygen atoms in total. The molecule has 0 bridgehead atoms. The summed E-state index contributed by atoms with van der Waals surface area (Å²) >= 11 is 0. The van der Waals surface area contributed by atoms with E-state index >= 15 is 0 Å². The first kappa shape index (κ1) is 14.4. The van der Waals surface area contributed by atoms with Crippen LogP contribution in [0.25, 0.3) is 0 Å². The summed E-state index contributed by atoms with van der Waals surface area (Å²) in [5.41, 5.74) is 3.20. The Balaban J connectivity index is 2.15. The highest BCUT2D eigenvalue weighted by atomic mass is 16.5. The number of anilines is 2. The normalized spacial score (nSPS) is 13.5. The highest BCUT2D eigenvalue weighted by Crippen LogP contribution is 2.29. The van der Waals surface area contributed by atoms with E-state index in [4.69, 9.17) is 10.00 Å². The van der Waals surface area contributed by atoms with Gasteiger partial charge >= 0.3 is 0 Å². The van der Waals surface area contributed by atoms with Crippen molar-refractivity contribution in [3.63, 3.8) is 0 Å². The van der Waals surface area contributed by atoms with E-state index in [2.05, 4.69) is 16.3 Å². The van der Waals surface area contributed by atoms with Gasteiger partial charge in [0.2, 0.25) is 5.91 Å². The average Bonchev–Trinajstić information content (AvgIpc) is 2.45. The van der Waals surface area contributed by atoms with Crippen molar-refractivity contribution in [3.05, 3.63) is 23.8 Å². The Labute approximate surface area is 119 Å². The maximum atomic E-state index is 11.5. The summed E-state index contributed by atoms with van der Waals surface area (Å²) in [6, 6.07) is 7.78. The van der Waals surface area contributed by atoms with Crippen molar-refractivity contribution in [3.8, 4) is 6.07 Å². The van der Waals surface area contributed by atoms with Gasteiger partial charge in [-0.1, -0.05) is 6.07 Å². The molecule has 20 heavy (non-hydrogen) atoms. The van der Waals surface area contributed by atoms with Crippen LogP contribution in [0.2, 0.25) is 0 Å². The zero-order valence-corrected chi connectivity index (χ0v) is 11.7. The Morgan fingerprint density at radius 1 is 1.55 bits per heavy atom. The van der Waals surface area contributed by atoms with Gasteiger partial charge < -0.3 is 15.0 Å². The van der Waals surface area contributed by atoms with E-state index in [1.54, 1.807) is 7.11 Å². The lowest BCUT2D eigenvalue weighted by Crippen LogP contribution is -2.32. The number of benzene rings is 1. The maximum Gasteiger partial charge on any atom is 0.238 e. The minimum Gasteiger partial charge on any atom is -0.383 e. The molecular weight excluding hydrogens is 254 g/mol. The van der Waals surface area contributed by atoms with Crippen LogP contribution in [0.5, 0.6) is 0 Å². The van der Waals surface area contributed by atoms with Crippen LogP contribution < -0.4 is 10.2 Å². The molecular formula is C15H19N3O2. The minimum absolute atomic E-state index is 0.121. The van der Waals surface area contributed by atoms with Gasteiger partial charge in [-0.05, 0) is 30.5 Å². The second-order valence-electron chi connectivity index (χ2n) is 4.81. The van der Waals surface area contributed by atoms with Gasteiger partial charge in [0.1, 0.15) is 6.42 Å². The Morgan fingerprint density at radius 2 is 2.40 bits per heavy atom. The number of carbonyl (C=O) groups excluding carboxylic acids is 1. The number of hydrogen-bond acceptors (Lipinski definition) is 4. The van der Waals surface area contributed by atoms with Gasteiger partial charge in [-0.15, -0.1) is 0 Å². The molecule has 0 saturated heterocycles. The van der Waals surface area contributed by atoms with Gasteiger partial charge in [-0.25, -0.2) is 0 Å². The van der Waals surface area contributed by atoms with Crippen LogP contribution in [-0.4, -0.2) is 32.7 Å². The molecule has 5 heteroatoms. The SMILES string of the molecule is COCCN1CCCc2ccc(NC(=O)CC#N)cc21. The van der Waals surface area contributed by atoms with Crippen molar-refractivity contribution < 1.29 is 9.53 Å². The zero-order valence-electron chi connectivity index (χ0n) is 11.7. The molecule has 1 aromatic rings. The molecule has 106 valence electrons. The number of rotatable bonds is 5. The zero-order chi connectivity index (χ0) is 14.4. The summed E-state index contributed by atoms with van der Waals surface area (Å²) in [6.07, 6.45) is 2.08. The highest BCUT2D eigenvalue weighted by Gasteiger charge is 2.17. The van der Waals surface area contributed by atoms with E-state index in [0.29, 0.717) is 6.61 Å². The van der Waals surface area contributed by atoms with Crippen LogP contribution in [-0.2, 0) is 16.0 Å². The van der Waals surface area contributed by atoms with E-state index in [1.165, 1.54) is 5.56 Å². The van der Waals surface area contributed by atoms with Gasteiger partial charge in [0.05, 0.1) is 12.7 Å². The van der Waals surface area contributed by atoms with E-state index in [0.717, 1.165) is 37.3 Å². The molecule has 0 aliphatic carbocycles. The number of methoxy groups -OCH3 is 1. The average molecular weight is 273 g/mol. The lowest BCUT2D eigenvalue weighted by Gasteiger charge is -2.31. The fourth-order valence-electron chi connectivity index (χ4n) is 2.44. The van der Waals surface area contributed by atoms with Gasteiger partial charge in [0.15, 0.2) is 0 Å². The van der Waals surface area contributed by atoms with Gasteiger partial charge in [0.25, 0.3) is 0 Å². The molecule has 0 atom stereocenters. The van der Waals surface area contributed by atoms with Crippen molar-refractivity contribution in [2.75, 3.05) is 37.0 Å². The molecule has 1 N–H and O–H groups in total.